The van der Waals surface area contributed by atoms with Crippen molar-refractivity contribution >= 4 is 17.5 Å². The Morgan fingerprint density at radius 2 is 1.65 bits per heavy atom. The van der Waals surface area contributed by atoms with Gasteiger partial charge in [-0.15, -0.1) is 0 Å². The lowest BCUT2D eigenvalue weighted by molar-refractivity contribution is -0.129. The third-order valence-corrected chi connectivity index (χ3v) is 7.71. The second-order valence-corrected chi connectivity index (χ2v) is 10.2. The molecule has 0 bridgehead atoms. The van der Waals surface area contributed by atoms with Crippen LogP contribution in [-0.4, -0.2) is 26.3 Å². The molecule has 7 nitrogen and oxygen atoms in total. The number of nitrogens with one attached hydrogen (secondary N) is 4. The number of fused-ring (bicyclic) bond motifs is 1. The zero-order valence-electron chi connectivity index (χ0n) is 21.3. The summed E-state index contributed by atoms with van der Waals surface area (Å²) in [6.07, 6.45) is 0.534. The average Bonchev–Trinajstić information content (AvgIpc) is 3.36. The number of carbonyl (C=O) groups excluding carboxylic acids is 1. The molecule has 2 saturated heterocycles. The summed E-state index contributed by atoms with van der Waals surface area (Å²) in [5.41, 5.74) is 11.3. The molecule has 2 heterocycles. The van der Waals surface area contributed by atoms with Crippen LogP contribution in [0.1, 0.15) is 40.8 Å². The molecule has 3 aromatic carbocycles. The number of hydrogen-bond donors (Lipinski definition) is 4. The maximum atomic E-state index is 13.8. The summed E-state index contributed by atoms with van der Waals surface area (Å²) in [6.45, 7) is 2.55. The van der Waals surface area contributed by atoms with E-state index in [1.165, 1.54) is 5.56 Å². The molecule has 4 N–H and O–H groups in total. The zero-order valence-corrected chi connectivity index (χ0v) is 22.0. The predicted octanol–water partition coefficient (Wildman–Crippen LogP) is 4.42. The number of methoxy groups -OCH3 is 2. The van der Waals surface area contributed by atoms with Crippen molar-refractivity contribution in [3.05, 3.63) is 94.0 Å². The molecule has 0 radical (unpaired) electrons. The highest BCUT2D eigenvalue weighted by molar-refractivity contribution is 6.30. The first-order valence-electron chi connectivity index (χ1n) is 12.5. The summed E-state index contributed by atoms with van der Waals surface area (Å²) in [5.74, 6) is 1.15. The van der Waals surface area contributed by atoms with Crippen LogP contribution >= 0.6 is 11.6 Å². The van der Waals surface area contributed by atoms with Gasteiger partial charge in [-0.3, -0.25) is 10.1 Å². The van der Waals surface area contributed by atoms with E-state index in [4.69, 9.17) is 21.1 Å². The highest BCUT2D eigenvalue weighted by atomic mass is 35.5. The summed E-state index contributed by atoms with van der Waals surface area (Å²) in [4.78, 5) is 13.8. The van der Waals surface area contributed by atoms with Crippen molar-refractivity contribution in [1.29, 1.82) is 0 Å². The summed E-state index contributed by atoms with van der Waals surface area (Å²) in [7, 11) is 3.26. The lowest BCUT2D eigenvalue weighted by Crippen LogP contribution is -2.54. The molecule has 5 rings (SSSR count). The van der Waals surface area contributed by atoms with Crippen molar-refractivity contribution in [3.63, 3.8) is 0 Å². The van der Waals surface area contributed by atoms with Gasteiger partial charge in [-0.25, -0.2) is 10.9 Å². The molecular weight excluding hydrogens is 488 g/mol. The van der Waals surface area contributed by atoms with E-state index in [9.17, 15) is 4.79 Å². The fraction of sp³-hybridized carbons (Fsp3) is 0.345. The third kappa shape index (κ3) is 5.45. The Morgan fingerprint density at radius 3 is 2.35 bits per heavy atom. The Labute approximate surface area is 222 Å². The number of rotatable bonds is 7. The molecule has 5 atom stereocenters. The van der Waals surface area contributed by atoms with E-state index < -0.39 is 0 Å². The van der Waals surface area contributed by atoms with Gasteiger partial charge in [-0.1, -0.05) is 59.6 Å². The summed E-state index contributed by atoms with van der Waals surface area (Å²) in [6, 6.07) is 21.9. The highest BCUT2D eigenvalue weighted by Gasteiger charge is 2.49. The Balaban J connectivity index is 1.42. The maximum Gasteiger partial charge on any atom is 0.223 e. The molecule has 2 fully saturated rings. The lowest BCUT2D eigenvalue weighted by atomic mass is 9.74. The number of aryl methyl sites for hydroxylation is 1. The normalized spacial score (nSPS) is 24.8. The molecule has 5 unspecified atom stereocenters. The first kappa shape index (κ1) is 25.5. The minimum atomic E-state index is -0.238. The molecule has 0 spiro atoms. The molecule has 0 aromatic heterocycles. The van der Waals surface area contributed by atoms with E-state index in [0.29, 0.717) is 29.5 Å². The highest BCUT2D eigenvalue weighted by Crippen LogP contribution is 2.43. The largest absolute Gasteiger partial charge is 0.493 e. The van der Waals surface area contributed by atoms with Gasteiger partial charge in [0.2, 0.25) is 5.91 Å². The number of benzene rings is 3. The van der Waals surface area contributed by atoms with Crippen molar-refractivity contribution < 1.29 is 14.3 Å². The second-order valence-electron chi connectivity index (χ2n) is 9.75. The molecule has 3 aromatic rings. The third-order valence-electron chi connectivity index (χ3n) is 7.46. The Morgan fingerprint density at radius 1 is 0.946 bits per heavy atom. The SMILES string of the molecule is COc1ccc(C2CC(C(=O)NCc3ccc(C)cc3)C3C(NNC3c3ccc(Cl)cc3)N2)cc1OC. The maximum absolute atomic E-state index is 13.8. The summed E-state index contributed by atoms with van der Waals surface area (Å²) < 4.78 is 11.0. The number of ether oxygens (including phenoxy) is 2. The van der Waals surface area contributed by atoms with E-state index in [2.05, 4.69) is 52.7 Å². The molecular formula is C29H33ClN4O3. The number of amides is 1. The molecule has 2 aliphatic rings. The van der Waals surface area contributed by atoms with Crippen molar-refractivity contribution in [3.8, 4) is 11.5 Å². The topological polar surface area (TPSA) is 83.7 Å². The van der Waals surface area contributed by atoms with Gasteiger partial charge >= 0.3 is 0 Å². The predicted molar refractivity (Wildman–Crippen MR) is 144 cm³/mol. The molecule has 0 saturated carbocycles. The molecule has 194 valence electrons. The number of halogens is 1. The van der Waals surface area contributed by atoms with E-state index >= 15 is 0 Å². The van der Waals surface area contributed by atoms with Gasteiger partial charge < -0.3 is 14.8 Å². The summed E-state index contributed by atoms with van der Waals surface area (Å²) >= 11 is 6.15. The molecule has 1 amide bonds. The van der Waals surface area contributed by atoms with Crippen LogP contribution in [0.15, 0.2) is 66.7 Å². The Kier molecular flexibility index (Phi) is 7.67. The van der Waals surface area contributed by atoms with E-state index in [-0.39, 0.29) is 36.0 Å². The van der Waals surface area contributed by atoms with Crippen LogP contribution in [0.3, 0.4) is 0 Å². The average molecular weight is 521 g/mol. The van der Waals surface area contributed by atoms with Crippen LogP contribution in [0.5, 0.6) is 11.5 Å². The van der Waals surface area contributed by atoms with Crippen LogP contribution < -0.4 is 31.0 Å². The van der Waals surface area contributed by atoms with Gasteiger partial charge in [0, 0.05) is 29.4 Å². The van der Waals surface area contributed by atoms with E-state index in [1.807, 2.05) is 42.5 Å². The van der Waals surface area contributed by atoms with E-state index in [0.717, 1.165) is 16.7 Å². The van der Waals surface area contributed by atoms with Crippen LogP contribution in [0, 0.1) is 18.8 Å². The van der Waals surface area contributed by atoms with Crippen molar-refractivity contribution in [2.45, 2.75) is 38.1 Å². The Bertz CT molecular complexity index is 1230. The summed E-state index contributed by atoms with van der Waals surface area (Å²) in [5, 5.41) is 7.62. The number of piperidine rings is 1. The monoisotopic (exact) mass is 520 g/mol. The molecule has 2 aliphatic heterocycles. The standard InChI is InChI=1S/C29H33ClN4O3/c1-17-4-6-18(7-5-17)16-31-29(35)22-15-23(20-10-13-24(36-2)25(14-20)37-3)32-28-26(22)27(33-34-28)19-8-11-21(30)12-9-19/h4-14,22-23,26-28,32-34H,15-16H2,1-3H3,(H,31,35). The van der Waals surface area contributed by atoms with Crippen LogP contribution in [0.4, 0.5) is 0 Å². The minimum absolute atomic E-state index is 0.00409. The fourth-order valence-corrected chi connectivity index (χ4v) is 5.59. The van der Waals surface area contributed by atoms with Gasteiger partial charge in [0.15, 0.2) is 11.5 Å². The van der Waals surface area contributed by atoms with Gasteiger partial charge in [0.1, 0.15) is 0 Å². The molecule has 37 heavy (non-hydrogen) atoms. The van der Waals surface area contributed by atoms with Gasteiger partial charge in [0.05, 0.1) is 26.4 Å². The zero-order chi connectivity index (χ0) is 25.9. The number of hydrazine groups is 1. The van der Waals surface area contributed by atoms with E-state index in [1.54, 1.807) is 14.2 Å². The molecule has 8 heteroatoms. The van der Waals surface area contributed by atoms with Gasteiger partial charge in [-0.05, 0) is 54.3 Å². The minimum Gasteiger partial charge on any atom is -0.493 e. The van der Waals surface area contributed by atoms with Crippen molar-refractivity contribution in [2.24, 2.45) is 11.8 Å². The number of carbonyl (C=O) groups is 1. The first-order chi connectivity index (χ1) is 18.0. The number of hydrogen-bond acceptors (Lipinski definition) is 6. The smallest absolute Gasteiger partial charge is 0.223 e. The fourth-order valence-electron chi connectivity index (χ4n) is 5.46. The van der Waals surface area contributed by atoms with Crippen molar-refractivity contribution in [1.82, 2.24) is 21.5 Å². The van der Waals surface area contributed by atoms with Gasteiger partial charge in [-0.2, -0.15) is 0 Å². The van der Waals surface area contributed by atoms with Crippen LogP contribution in [0.2, 0.25) is 5.02 Å². The Hall–Kier alpha value is -3.10. The second kappa shape index (κ2) is 11.1. The first-order valence-corrected chi connectivity index (χ1v) is 12.9. The van der Waals surface area contributed by atoms with Gasteiger partial charge in [0.25, 0.3) is 0 Å². The lowest BCUT2D eigenvalue weighted by Gasteiger charge is -2.40. The quantitative estimate of drug-likeness (QED) is 0.369. The molecule has 0 aliphatic carbocycles. The van der Waals surface area contributed by atoms with Crippen molar-refractivity contribution in [2.75, 3.05) is 14.2 Å². The van der Waals surface area contributed by atoms with Crippen LogP contribution in [-0.2, 0) is 11.3 Å². The van der Waals surface area contributed by atoms with Crippen LogP contribution in [0.25, 0.3) is 0 Å².